The molecule has 0 aliphatic rings. The maximum atomic E-state index is 13.6. The maximum Gasteiger partial charge on any atom is 0.0812 e. The van der Waals surface area contributed by atoms with Gasteiger partial charge in [0.2, 0.25) is 0 Å². The van der Waals surface area contributed by atoms with Crippen molar-refractivity contribution in [2.45, 2.75) is 76.2 Å². The van der Waals surface area contributed by atoms with Gasteiger partial charge in [0.15, 0.2) is 0 Å². The van der Waals surface area contributed by atoms with E-state index in [4.69, 9.17) is 0 Å². The van der Waals surface area contributed by atoms with Crippen LogP contribution in [-0.2, 0) is 10.8 Å². The third kappa shape index (κ3) is 6.72. The van der Waals surface area contributed by atoms with Gasteiger partial charge in [-0.15, -0.1) is 0 Å². The topological polar surface area (TPSA) is 37.3 Å². The summed E-state index contributed by atoms with van der Waals surface area (Å²) in [6.07, 6.45) is 7.12. The summed E-state index contributed by atoms with van der Waals surface area (Å²) in [5.41, 5.74) is 2.32. The molecule has 3 heteroatoms. The lowest BCUT2D eigenvalue weighted by molar-refractivity contribution is 0.208. The molecule has 2 rings (SSSR count). The van der Waals surface area contributed by atoms with Gasteiger partial charge in [-0.1, -0.05) is 87.6 Å². The van der Waals surface area contributed by atoms with Crippen LogP contribution in [0.15, 0.2) is 70.5 Å². The first kappa shape index (κ1) is 22.6. The summed E-state index contributed by atoms with van der Waals surface area (Å²) in [6.45, 7) is 6.33. The van der Waals surface area contributed by atoms with Gasteiger partial charge in [0.1, 0.15) is 0 Å². The van der Waals surface area contributed by atoms with E-state index in [1.165, 1.54) is 5.56 Å². The van der Waals surface area contributed by atoms with E-state index in [0.29, 0.717) is 6.42 Å². The number of unbranched alkanes of at least 4 members (excludes halogenated alkanes) is 2. The van der Waals surface area contributed by atoms with Gasteiger partial charge in [0, 0.05) is 15.7 Å². The average Bonchev–Trinajstić information content (AvgIpc) is 2.72. The minimum Gasteiger partial charge on any atom is -0.389 e. The molecule has 0 radical (unpaired) electrons. The summed E-state index contributed by atoms with van der Waals surface area (Å²) in [7, 11) is -1.29. The molecule has 0 aliphatic heterocycles. The first-order valence-electron chi connectivity index (χ1n) is 10.5. The predicted octanol–water partition coefficient (Wildman–Crippen LogP) is 6.51. The Balaban J connectivity index is 2.45. The lowest BCUT2D eigenvalue weighted by atomic mass is 9.92. The Bertz CT molecular complexity index is 750. The van der Waals surface area contributed by atoms with Crippen LogP contribution in [0.1, 0.15) is 69.4 Å². The van der Waals surface area contributed by atoms with Crippen molar-refractivity contribution in [2.24, 2.45) is 0 Å². The van der Waals surface area contributed by atoms with Gasteiger partial charge in [-0.3, -0.25) is 0 Å². The van der Waals surface area contributed by atoms with Crippen molar-refractivity contribution in [1.82, 2.24) is 0 Å². The number of aliphatic hydroxyl groups is 1. The van der Waals surface area contributed by atoms with E-state index >= 15 is 0 Å². The van der Waals surface area contributed by atoms with Gasteiger partial charge in [-0.25, -0.2) is 4.21 Å². The van der Waals surface area contributed by atoms with Crippen LogP contribution in [0.3, 0.4) is 0 Å². The molecule has 0 aliphatic carbocycles. The minimum atomic E-state index is -1.29. The molecule has 2 nitrogen and oxygen atoms in total. The van der Waals surface area contributed by atoms with Crippen LogP contribution >= 0.6 is 0 Å². The second-order valence-corrected chi connectivity index (χ2v) is 8.95. The van der Waals surface area contributed by atoms with E-state index in [1.54, 1.807) is 0 Å². The smallest absolute Gasteiger partial charge is 0.0812 e. The SMILES string of the molecule is CCCC[C@H](O)/C=C(/[C@H](CCCC)c1ccccc1)S(=O)c1ccc(C)cc1. The lowest BCUT2D eigenvalue weighted by Gasteiger charge is -2.22. The number of rotatable bonds is 11. The summed E-state index contributed by atoms with van der Waals surface area (Å²) in [5, 5.41) is 10.6. The minimum absolute atomic E-state index is 0.0552. The van der Waals surface area contributed by atoms with Gasteiger partial charge in [0.05, 0.1) is 16.9 Å². The second-order valence-electron chi connectivity index (χ2n) is 7.47. The van der Waals surface area contributed by atoms with Crippen LogP contribution in [0.4, 0.5) is 0 Å². The summed E-state index contributed by atoms with van der Waals surface area (Å²) >= 11 is 0. The molecule has 0 aromatic heterocycles. The van der Waals surface area contributed by atoms with Gasteiger partial charge in [-0.2, -0.15) is 0 Å². The van der Waals surface area contributed by atoms with E-state index in [-0.39, 0.29) is 5.92 Å². The molecular weight excluding hydrogens is 364 g/mol. The molecule has 2 aromatic rings. The molecule has 0 amide bonds. The van der Waals surface area contributed by atoms with Crippen LogP contribution in [0.25, 0.3) is 0 Å². The van der Waals surface area contributed by atoms with Crippen LogP contribution in [0.2, 0.25) is 0 Å². The molecular formula is C25H34O2S. The molecule has 2 aromatic carbocycles. The molecule has 1 unspecified atom stereocenters. The van der Waals surface area contributed by atoms with Crippen LogP contribution in [-0.4, -0.2) is 15.4 Å². The van der Waals surface area contributed by atoms with Crippen LogP contribution in [0, 0.1) is 6.92 Å². The Morgan fingerprint density at radius 3 is 2.18 bits per heavy atom. The fourth-order valence-electron chi connectivity index (χ4n) is 3.36. The molecule has 0 saturated carbocycles. The van der Waals surface area contributed by atoms with Crippen molar-refractivity contribution >= 4 is 10.8 Å². The van der Waals surface area contributed by atoms with Crippen molar-refractivity contribution in [3.8, 4) is 0 Å². The van der Waals surface area contributed by atoms with Crippen LogP contribution in [0.5, 0.6) is 0 Å². The molecule has 28 heavy (non-hydrogen) atoms. The molecule has 152 valence electrons. The summed E-state index contributed by atoms with van der Waals surface area (Å²) < 4.78 is 13.6. The summed E-state index contributed by atoms with van der Waals surface area (Å²) in [4.78, 5) is 1.64. The normalized spacial score (nSPS) is 15.2. The molecule has 0 saturated heterocycles. The highest BCUT2D eigenvalue weighted by molar-refractivity contribution is 7.89. The monoisotopic (exact) mass is 398 g/mol. The van der Waals surface area contributed by atoms with Gasteiger partial charge >= 0.3 is 0 Å². The van der Waals surface area contributed by atoms with Gasteiger partial charge in [0.25, 0.3) is 0 Å². The maximum absolute atomic E-state index is 13.6. The fraction of sp³-hybridized carbons (Fsp3) is 0.440. The van der Waals surface area contributed by atoms with E-state index in [1.807, 2.05) is 55.5 Å². The Kier molecular flexibility index (Phi) is 9.66. The quantitative estimate of drug-likeness (QED) is 0.468. The second kappa shape index (κ2) is 12.0. The van der Waals surface area contributed by atoms with Crippen molar-refractivity contribution in [1.29, 1.82) is 0 Å². The zero-order chi connectivity index (χ0) is 20.4. The van der Waals surface area contributed by atoms with E-state index in [9.17, 15) is 9.32 Å². The first-order valence-corrected chi connectivity index (χ1v) is 11.6. The zero-order valence-corrected chi connectivity index (χ0v) is 18.3. The third-order valence-corrected chi connectivity index (χ3v) is 6.60. The van der Waals surface area contributed by atoms with Crippen LogP contribution < -0.4 is 0 Å². The van der Waals surface area contributed by atoms with E-state index in [2.05, 4.69) is 26.0 Å². The Hall–Kier alpha value is -1.71. The lowest BCUT2D eigenvalue weighted by Crippen LogP contribution is -2.13. The van der Waals surface area contributed by atoms with Crippen molar-refractivity contribution in [2.75, 3.05) is 0 Å². The number of aryl methyl sites for hydroxylation is 1. The summed E-state index contributed by atoms with van der Waals surface area (Å²) in [6, 6.07) is 18.2. The highest BCUT2D eigenvalue weighted by atomic mass is 32.2. The van der Waals surface area contributed by atoms with Gasteiger partial charge in [-0.05, 0) is 43.5 Å². The molecule has 0 heterocycles. The van der Waals surface area contributed by atoms with E-state index < -0.39 is 16.9 Å². The zero-order valence-electron chi connectivity index (χ0n) is 17.4. The van der Waals surface area contributed by atoms with E-state index in [0.717, 1.165) is 47.5 Å². The number of benzene rings is 2. The number of aliphatic hydroxyl groups excluding tert-OH is 1. The predicted molar refractivity (Wildman–Crippen MR) is 120 cm³/mol. The summed E-state index contributed by atoms with van der Waals surface area (Å²) in [5.74, 6) is 0.0552. The Morgan fingerprint density at radius 2 is 1.57 bits per heavy atom. The van der Waals surface area contributed by atoms with Crippen molar-refractivity contribution in [3.05, 3.63) is 76.7 Å². The van der Waals surface area contributed by atoms with Gasteiger partial charge < -0.3 is 5.11 Å². The molecule has 0 bridgehead atoms. The average molecular weight is 399 g/mol. The molecule has 0 fully saturated rings. The highest BCUT2D eigenvalue weighted by Gasteiger charge is 2.23. The Labute approximate surface area is 173 Å². The molecule has 3 atom stereocenters. The number of hydrogen-bond donors (Lipinski definition) is 1. The highest BCUT2D eigenvalue weighted by Crippen LogP contribution is 2.35. The fourth-order valence-corrected chi connectivity index (χ4v) is 4.81. The first-order chi connectivity index (χ1) is 13.6. The Morgan fingerprint density at radius 1 is 0.964 bits per heavy atom. The third-order valence-electron chi connectivity index (χ3n) is 5.05. The standard InChI is InChI=1S/C25H34O2S/c1-4-6-13-22(26)19-25(28(27)23-17-15-20(3)16-18-23)24(14-7-5-2)21-11-9-8-10-12-21/h8-12,15-19,22,24,26H,4-7,13-14H2,1-3H3/b25-19-/t22-,24+,28?/m0/s1. The number of hydrogen-bond acceptors (Lipinski definition) is 2. The van der Waals surface area contributed by atoms with Crippen molar-refractivity contribution in [3.63, 3.8) is 0 Å². The molecule has 1 N–H and O–H groups in total. The number of allylic oxidation sites excluding steroid dienone is 1. The molecule has 0 spiro atoms. The largest absolute Gasteiger partial charge is 0.389 e. The van der Waals surface area contributed by atoms with Crippen molar-refractivity contribution < 1.29 is 9.32 Å².